The summed E-state index contributed by atoms with van der Waals surface area (Å²) in [6.45, 7) is -0.804. The molecule has 0 radical (unpaired) electrons. The Labute approximate surface area is 244 Å². The third-order valence-electron chi connectivity index (χ3n) is 7.77. The second-order valence-corrected chi connectivity index (χ2v) is 12.9. The molecule has 6 rings (SSSR count). The van der Waals surface area contributed by atoms with Gasteiger partial charge in [0.15, 0.2) is 0 Å². The van der Waals surface area contributed by atoms with E-state index in [0.29, 0.717) is 16.5 Å². The van der Waals surface area contributed by atoms with Crippen molar-refractivity contribution >= 4 is 39.5 Å². The Morgan fingerprint density at radius 2 is 1.81 bits per heavy atom. The van der Waals surface area contributed by atoms with Gasteiger partial charge in [0.25, 0.3) is 5.91 Å². The van der Waals surface area contributed by atoms with Crippen molar-refractivity contribution in [2.24, 2.45) is 5.73 Å². The molecule has 1 aliphatic heterocycles. The highest BCUT2D eigenvalue weighted by Crippen LogP contribution is 2.45. The van der Waals surface area contributed by atoms with E-state index in [1.165, 1.54) is 30.3 Å². The van der Waals surface area contributed by atoms with E-state index < -0.39 is 40.6 Å². The Bertz CT molecular complexity index is 1870. The molecule has 0 unspecified atom stereocenters. The summed E-state index contributed by atoms with van der Waals surface area (Å²) in [5.74, 6) is -1.00. The van der Waals surface area contributed by atoms with Gasteiger partial charge in [0.2, 0.25) is 10.0 Å². The van der Waals surface area contributed by atoms with Crippen molar-refractivity contribution in [1.82, 2.24) is 4.31 Å². The van der Waals surface area contributed by atoms with E-state index in [4.69, 9.17) is 14.8 Å². The van der Waals surface area contributed by atoms with Gasteiger partial charge in [-0.1, -0.05) is 6.07 Å². The highest BCUT2D eigenvalue weighted by atomic mass is 32.2. The summed E-state index contributed by atoms with van der Waals surface area (Å²) in [7, 11) is -5.67. The largest absolute Gasteiger partial charge is 0.492 e. The molecule has 3 N–H and O–H groups in total. The first-order valence-electron chi connectivity index (χ1n) is 13.3. The van der Waals surface area contributed by atoms with Crippen LogP contribution < -0.4 is 11.2 Å². The van der Waals surface area contributed by atoms with Crippen LogP contribution in [0.1, 0.15) is 56.9 Å². The summed E-state index contributed by atoms with van der Waals surface area (Å²) in [6, 6.07) is 10.9. The average Bonchev–Trinajstić information content (AvgIpc) is 3.60. The number of carbonyl (C=O) groups is 1. The summed E-state index contributed by atoms with van der Waals surface area (Å²) < 4.78 is 93.2. The lowest BCUT2D eigenvalue weighted by Crippen LogP contribution is -2.35. The smallest absolute Gasteiger partial charge is 0.455 e. The molecule has 14 heteroatoms. The zero-order chi connectivity index (χ0) is 30.8. The lowest BCUT2D eigenvalue weighted by Gasteiger charge is -2.23. The number of carbonyl (C=O) groups excluding carboxylic acids is 1. The quantitative estimate of drug-likeness (QED) is 0.223. The standard InChI is InChI=1S/C29H25BF4N2O6S/c1-43(39,40)36(12-15-8-19-14-41-30(38)26(19)23(9-15)29(32,33)34)13-18-10-24-22(11-21(18)16-2-3-16)25(28(35)37)27(42-24)17-4-6-20(31)7-5-17/h4-11,16,38H,2-3,12-14H2,1H3,(H2,35,37). The van der Waals surface area contributed by atoms with E-state index in [2.05, 4.69) is 0 Å². The Morgan fingerprint density at radius 3 is 2.42 bits per heavy atom. The maximum absolute atomic E-state index is 13.9. The van der Waals surface area contributed by atoms with Gasteiger partial charge < -0.3 is 19.8 Å². The van der Waals surface area contributed by atoms with E-state index >= 15 is 0 Å². The fourth-order valence-electron chi connectivity index (χ4n) is 5.61. The van der Waals surface area contributed by atoms with Crippen LogP contribution in [0.25, 0.3) is 22.3 Å². The van der Waals surface area contributed by atoms with E-state index in [1.54, 1.807) is 12.1 Å². The molecule has 2 heterocycles. The van der Waals surface area contributed by atoms with Crippen molar-refractivity contribution in [3.63, 3.8) is 0 Å². The number of benzene rings is 3. The molecule has 0 atom stereocenters. The molecular weight excluding hydrogens is 591 g/mol. The highest BCUT2D eigenvalue weighted by Gasteiger charge is 2.42. The molecule has 4 aromatic rings. The van der Waals surface area contributed by atoms with Crippen LogP contribution in [0.2, 0.25) is 0 Å². The third kappa shape index (κ3) is 5.67. The molecule has 1 aromatic heterocycles. The number of fused-ring (bicyclic) bond motifs is 2. The van der Waals surface area contributed by atoms with Crippen LogP contribution in [0.15, 0.2) is 52.9 Å². The zero-order valence-corrected chi connectivity index (χ0v) is 23.6. The Hall–Kier alpha value is -3.72. The molecule has 8 nitrogen and oxygen atoms in total. The van der Waals surface area contributed by atoms with E-state index in [-0.39, 0.29) is 59.1 Å². The molecule has 1 fully saturated rings. The minimum Gasteiger partial charge on any atom is -0.455 e. The predicted molar refractivity (Wildman–Crippen MR) is 150 cm³/mol. The first-order chi connectivity index (χ1) is 20.2. The monoisotopic (exact) mass is 616 g/mol. The van der Waals surface area contributed by atoms with Crippen molar-refractivity contribution in [2.75, 3.05) is 6.26 Å². The van der Waals surface area contributed by atoms with Gasteiger partial charge in [-0.25, -0.2) is 12.8 Å². The predicted octanol–water partition coefficient (Wildman–Crippen LogP) is 4.41. The fourth-order valence-corrected chi connectivity index (χ4v) is 6.37. The maximum atomic E-state index is 13.9. The number of nitrogens with zero attached hydrogens (tertiary/aromatic N) is 1. The number of furan rings is 1. The van der Waals surface area contributed by atoms with Gasteiger partial charge in [-0.05, 0) is 88.9 Å². The number of primary amides is 1. The number of hydrogen-bond acceptors (Lipinski definition) is 6. The molecule has 1 aliphatic carbocycles. The number of nitrogens with two attached hydrogens (primary N) is 1. The lowest BCUT2D eigenvalue weighted by molar-refractivity contribution is -0.136. The number of halogens is 4. The molecule has 0 spiro atoms. The van der Waals surface area contributed by atoms with Gasteiger partial charge in [0.05, 0.1) is 24.0 Å². The maximum Gasteiger partial charge on any atom is 0.492 e. The normalized spacial score (nSPS) is 15.5. The van der Waals surface area contributed by atoms with Crippen molar-refractivity contribution in [1.29, 1.82) is 0 Å². The molecule has 1 saturated carbocycles. The summed E-state index contributed by atoms with van der Waals surface area (Å²) in [5.41, 5.74) is 6.60. The van der Waals surface area contributed by atoms with Gasteiger partial charge >= 0.3 is 13.3 Å². The topological polar surface area (TPSA) is 123 Å². The van der Waals surface area contributed by atoms with E-state index in [0.717, 1.165) is 35.0 Å². The summed E-state index contributed by atoms with van der Waals surface area (Å²) in [5, 5.41) is 10.4. The van der Waals surface area contributed by atoms with Crippen molar-refractivity contribution in [3.05, 3.63) is 87.7 Å². The molecule has 224 valence electrons. The Kier molecular flexibility index (Phi) is 7.15. The first kappa shape index (κ1) is 29.4. The number of alkyl halides is 3. The average molecular weight is 616 g/mol. The number of rotatable bonds is 8. The molecule has 1 amide bonds. The molecule has 3 aromatic carbocycles. The van der Waals surface area contributed by atoms with Crippen LogP contribution in [0.5, 0.6) is 0 Å². The zero-order valence-electron chi connectivity index (χ0n) is 22.7. The van der Waals surface area contributed by atoms with Crippen LogP contribution in [-0.4, -0.2) is 37.0 Å². The van der Waals surface area contributed by atoms with E-state index in [1.807, 2.05) is 0 Å². The SMILES string of the molecule is CS(=O)(=O)N(Cc1cc2c(c(C(F)(F)F)c1)B(O)OC2)Cc1cc2oc(-c3ccc(F)cc3)c(C(N)=O)c2cc1C1CC1. The van der Waals surface area contributed by atoms with Gasteiger partial charge in [0.1, 0.15) is 17.2 Å². The second kappa shape index (κ2) is 10.5. The van der Waals surface area contributed by atoms with E-state index in [9.17, 15) is 35.8 Å². The van der Waals surface area contributed by atoms with Gasteiger partial charge in [-0.15, -0.1) is 0 Å². The Balaban J connectivity index is 1.43. The molecule has 0 saturated heterocycles. The molecule has 43 heavy (non-hydrogen) atoms. The van der Waals surface area contributed by atoms with Crippen molar-refractivity contribution in [2.45, 2.75) is 44.6 Å². The number of hydrogen-bond donors (Lipinski definition) is 2. The fraction of sp³-hybridized carbons (Fsp3) is 0.276. The van der Waals surface area contributed by atoms with Crippen molar-refractivity contribution < 1.29 is 44.9 Å². The van der Waals surface area contributed by atoms with Crippen LogP contribution >= 0.6 is 0 Å². The number of sulfonamides is 1. The third-order valence-corrected chi connectivity index (χ3v) is 8.97. The summed E-state index contributed by atoms with van der Waals surface area (Å²) in [6.07, 6.45) is -2.17. The second-order valence-electron chi connectivity index (χ2n) is 10.9. The summed E-state index contributed by atoms with van der Waals surface area (Å²) in [4.78, 5) is 12.5. The molecule has 0 bridgehead atoms. The van der Waals surface area contributed by atoms with Crippen LogP contribution in [0, 0.1) is 5.82 Å². The Morgan fingerprint density at radius 1 is 1.12 bits per heavy atom. The lowest BCUT2D eigenvalue weighted by atomic mass is 9.75. The molecular formula is C29H25BF4N2O6S. The number of amides is 1. The van der Waals surface area contributed by atoms with Crippen LogP contribution in [0.3, 0.4) is 0 Å². The summed E-state index contributed by atoms with van der Waals surface area (Å²) >= 11 is 0. The van der Waals surface area contributed by atoms with Crippen LogP contribution in [-0.2, 0) is 40.6 Å². The van der Waals surface area contributed by atoms with Gasteiger partial charge in [-0.2, -0.15) is 17.5 Å². The highest BCUT2D eigenvalue weighted by molar-refractivity contribution is 7.88. The van der Waals surface area contributed by atoms with Crippen LogP contribution in [0.4, 0.5) is 17.6 Å². The van der Waals surface area contributed by atoms with Gasteiger partial charge in [0, 0.05) is 24.0 Å². The molecule has 2 aliphatic rings. The van der Waals surface area contributed by atoms with Crippen molar-refractivity contribution in [3.8, 4) is 11.3 Å². The minimum absolute atomic E-state index is 0.0795. The first-order valence-corrected chi connectivity index (χ1v) is 15.2. The van der Waals surface area contributed by atoms with Gasteiger partial charge in [-0.3, -0.25) is 4.79 Å². The minimum atomic E-state index is -4.80.